The number of hydrogen-bond donors (Lipinski definition) is 2. The minimum atomic E-state index is -0.315. The normalized spacial score (nSPS) is 11.2. The van der Waals surface area contributed by atoms with Crippen molar-refractivity contribution in [2.24, 2.45) is 0 Å². The molecule has 0 fully saturated rings. The van der Waals surface area contributed by atoms with Crippen LogP contribution in [-0.2, 0) is 12.8 Å². The summed E-state index contributed by atoms with van der Waals surface area (Å²) in [6.45, 7) is 4.56. The lowest BCUT2D eigenvalue weighted by molar-refractivity contribution is 0.101. The van der Waals surface area contributed by atoms with E-state index in [4.69, 9.17) is 0 Å². The first-order valence-corrected chi connectivity index (χ1v) is 25.2. The van der Waals surface area contributed by atoms with Crippen LogP contribution in [0.2, 0.25) is 0 Å². The molecule has 0 aliphatic heterocycles. The van der Waals surface area contributed by atoms with Crippen LogP contribution in [0.1, 0.15) is 225 Å². The molecule has 0 atom stereocenters. The highest BCUT2D eigenvalue weighted by Gasteiger charge is 2.15. The van der Waals surface area contributed by atoms with Crippen molar-refractivity contribution in [1.29, 1.82) is 0 Å². The zero-order chi connectivity index (χ0) is 43.7. The van der Waals surface area contributed by atoms with Crippen LogP contribution < -0.4 is 10.6 Å². The van der Waals surface area contributed by atoms with Gasteiger partial charge in [0.05, 0.1) is 0 Å². The number of aromatic nitrogens is 3. The van der Waals surface area contributed by atoms with Crippen molar-refractivity contribution < 1.29 is 9.59 Å². The monoisotopic (exact) mass is 844 g/mol. The highest BCUT2D eigenvalue weighted by atomic mass is 16.2. The molecule has 1 heterocycles. The van der Waals surface area contributed by atoms with Crippen LogP contribution in [0.3, 0.4) is 0 Å². The molecule has 0 saturated heterocycles. The average molecular weight is 844 g/mol. The summed E-state index contributed by atoms with van der Waals surface area (Å²) in [4.78, 5) is 40.3. The van der Waals surface area contributed by atoms with Gasteiger partial charge in [-0.15, -0.1) is 0 Å². The fourth-order valence-corrected chi connectivity index (χ4v) is 8.24. The lowest BCUT2D eigenvalue weighted by Crippen LogP contribution is -2.18. The Labute approximate surface area is 376 Å². The van der Waals surface area contributed by atoms with Gasteiger partial charge in [0.2, 0.25) is 11.9 Å². The minimum absolute atomic E-state index is 0.0779. The first-order chi connectivity index (χ1) is 30.6. The summed E-state index contributed by atoms with van der Waals surface area (Å²) in [6, 6.07) is 25.1. The predicted octanol–water partition coefficient (Wildman–Crippen LogP) is 16.1. The molecule has 1 aromatic heterocycles. The number of nitrogens with zero attached hydrogens (tertiary/aromatic N) is 3. The molecule has 0 spiro atoms. The number of aryl methyl sites for hydroxylation is 2. The van der Waals surface area contributed by atoms with E-state index in [2.05, 4.69) is 39.4 Å². The van der Waals surface area contributed by atoms with Gasteiger partial charge in [-0.25, -0.2) is 0 Å². The molecule has 338 valence electrons. The number of nitrogens with one attached hydrogen (secondary N) is 2. The van der Waals surface area contributed by atoms with Crippen LogP contribution in [-0.4, -0.2) is 26.8 Å². The topological polar surface area (TPSA) is 96.9 Å². The Hall–Kier alpha value is -4.39. The molecule has 2 amide bonds. The van der Waals surface area contributed by atoms with Gasteiger partial charge >= 0.3 is 0 Å². The molecule has 2 N–H and O–H groups in total. The lowest BCUT2D eigenvalue weighted by Gasteiger charge is -2.10. The Morgan fingerprint density at radius 2 is 0.677 bits per heavy atom. The first-order valence-electron chi connectivity index (χ1n) is 25.2. The van der Waals surface area contributed by atoms with Crippen molar-refractivity contribution in [3.63, 3.8) is 0 Å². The summed E-state index contributed by atoms with van der Waals surface area (Å²) < 4.78 is 0. The van der Waals surface area contributed by atoms with Crippen LogP contribution in [0.5, 0.6) is 0 Å². The Balaban J connectivity index is 1.16. The van der Waals surface area contributed by atoms with Gasteiger partial charge in [0.15, 0.2) is 5.82 Å². The third-order valence-corrected chi connectivity index (χ3v) is 12.2. The number of carbonyl (C=O) groups excluding carboxylic acids is 2. The maximum Gasteiger partial charge on any atom is 0.258 e. The van der Waals surface area contributed by atoms with E-state index in [9.17, 15) is 9.59 Å². The van der Waals surface area contributed by atoms with E-state index in [-0.39, 0.29) is 23.7 Å². The summed E-state index contributed by atoms with van der Waals surface area (Å²) in [5, 5.41) is 5.69. The van der Waals surface area contributed by atoms with E-state index in [1.165, 1.54) is 178 Å². The van der Waals surface area contributed by atoms with E-state index >= 15 is 0 Å². The largest absolute Gasteiger partial charge is 0.290 e. The standard InChI is InChI=1S/C55H81N5O2/c1-3-5-7-9-11-13-15-17-19-21-23-25-27-30-34-46-38-42-49(43-39-46)52(61)58-54-56-51(48-36-32-29-33-37-48)57-55(60-54)59-53(62)50-44-40-47(41-45-50)35-31-28-26-24-22-20-18-16-14-12-10-8-6-4-2/h29,32-33,36-45H,3-28,30-31,34-35H2,1-2H3,(H2,56,57,58,59,60,61,62). The van der Waals surface area contributed by atoms with Gasteiger partial charge in [0.25, 0.3) is 11.8 Å². The van der Waals surface area contributed by atoms with Crippen LogP contribution >= 0.6 is 0 Å². The van der Waals surface area contributed by atoms with Crippen LogP contribution in [0.15, 0.2) is 78.9 Å². The van der Waals surface area contributed by atoms with Gasteiger partial charge in [0.1, 0.15) is 0 Å². The quantitative estimate of drug-likeness (QED) is 0.0450. The van der Waals surface area contributed by atoms with Gasteiger partial charge in [0, 0.05) is 16.7 Å². The SMILES string of the molecule is CCCCCCCCCCCCCCCCc1ccc(C(=O)Nc2nc(NC(=O)c3ccc(CCCCCCCCCCCCCCCC)cc3)nc(-c3ccccc3)n2)cc1. The number of unbranched alkanes of at least 4 members (excludes halogenated alkanes) is 26. The highest BCUT2D eigenvalue weighted by molar-refractivity contribution is 6.04. The molecule has 7 nitrogen and oxygen atoms in total. The molecule has 3 aromatic carbocycles. The summed E-state index contributed by atoms with van der Waals surface area (Å²) >= 11 is 0. The molecule has 0 aliphatic rings. The average Bonchev–Trinajstić information content (AvgIpc) is 3.29. The van der Waals surface area contributed by atoms with Gasteiger partial charge in [-0.05, 0) is 61.1 Å². The second kappa shape index (κ2) is 32.3. The zero-order valence-electron chi connectivity index (χ0n) is 38.9. The fourth-order valence-electron chi connectivity index (χ4n) is 8.24. The van der Waals surface area contributed by atoms with Crippen molar-refractivity contribution in [1.82, 2.24) is 15.0 Å². The second-order valence-electron chi connectivity index (χ2n) is 17.7. The molecule has 4 aromatic rings. The van der Waals surface area contributed by atoms with Gasteiger partial charge in [-0.3, -0.25) is 20.2 Å². The molecule has 0 bridgehead atoms. The third kappa shape index (κ3) is 21.6. The fraction of sp³-hybridized carbons (Fsp3) is 0.582. The molecule has 0 saturated carbocycles. The summed E-state index contributed by atoms with van der Waals surface area (Å²) in [5.41, 5.74) is 4.27. The minimum Gasteiger partial charge on any atom is -0.290 e. The Kier molecular flexibility index (Phi) is 26.2. The van der Waals surface area contributed by atoms with Crippen molar-refractivity contribution in [3.8, 4) is 11.4 Å². The Morgan fingerprint density at radius 1 is 0.371 bits per heavy atom. The molecular formula is C55H81N5O2. The predicted molar refractivity (Wildman–Crippen MR) is 262 cm³/mol. The van der Waals surface area contributed by atoms with Crippen molar-refractivity contribution in [2.75, 3.05) is 10.6 Å². The maximum atomic E-state index is 13.4. The molecule has 62 heavy (non-hydrogen) atoms. The molecule has 0 radical (unpaired) electrons. The van der Waals surface area contributed by atoms with Crippen molar-refractivity contribution >= 4 is 23.7 Å². The van der Waals surface area contributed by atoms with E-state index in [0.717, 1.165) is 31.2 Å². The third-order valence-electron chi connectivity index (χ3n) is 12.2. The van der Waals surface area contributed by atoms with E-state index in [1.54, 1.807) is 0 Å². The van der Waals surface area contributed by atoms with Gasteiger partial charge in [-0.1, -0.05) is 235 Å². The maximum absolute atomic E-state index is 13.4. The molecular weight excluding hydrogens is 763 g/mol. The number of benzene rings is 3. The van der Waals surface area contributed by atoms with Crippen LogP contribution in [0.25, 0.3) is 11.4 Å². The second-order valence-corrected chi connectivity index (χ2v) is 17.7. The van der Waals surface area contributed by atoms with E-state index < -0.39 is 0 Å². The number of anilines is 2. The van der Waals surface area contributed by atoms with Crippen LogP contribution in [0.4, 0.5) is 11.9 Å². The molecule has 7 heteroatoms. The summed E-state index contributed by atoms with van der Waals surface area (Å²) in [6.07, 6.45) is 39.9. The number of carbonyl (C=O) groups is 2. The van der Waals surface area contributed by atoms with Crippen LogP contribution in [0, 0.1) is 0 Å². The van der Waals surface area contributed by atoms with E-state index in [0.29, 0.717) is 17.0 Å². The Morgan fingerprint density at radius 3 is 1.00 bits per heavy atom. The number of rotatable bonds is 35. The van der Waals surface area contributed by atoms with Crippen molar-refractivity contribution in [2.45, 2.75) is 206 Å². The van der Waals surface area contributed by atoms with E-state index in [1.807, 2.05) is 78.9 Å². The first kappa shape index (κ1) is 50.3. The molecule has 0 aliphatic carbocycles. The Bertz CT molecular complexity index is 1650. The summed E-state index contributed by atoms with van der Waals surface area (Å²) in [5.74, 6) is -0.114. The van der Waals surface area contributed by atoms with Crippen molar-refractivity contribution in [3.05, 3.63) is 101 Å². The van der Waals surface area contributed by atoms with Gasteiger partial charge in [-0.2, -0.15) is 15.0 Å². The lowest BCUT2D eigenvalue weighted by atomic mass is 10.0. The zero-order valence-corrected chi connectivity index (χ0v) is 38.9. The number of amides is 2. The molecule has 4 rings (SSSR count). The van der Waals surface area contributed by atoms with Gasteiger partial charge < -0.3 is 0 Å². The molecule has 0 unspecified atom stereocenters. The number of hydrogen-bond acceptors (Lipinski definition) is 5. The smallest absolute Gasteiger partial charge is 0.258 e. The highest BCUT2D eigenvalue weighted by Crippen LogP contribution is 2.21. The summed E-state index contributed by atoms with van der Waals surface area (Å²) in [7, 11) is 0.